The van der Waals surface area contributed by atoms with Gasteiger partial charge in [-0.3, -0.25) is 4.79 Å². The number of hydrogen-bond acceptors (Lipinski definition) is 5. The lowest BCUT2D eigenvalue weighted by Gasteiger charge is -2.33. The number of rotatable bonds is 10. The molecule has 2 heterocycles. The zero-order chi connectivity index (χ0) is 27.9. The van der Waals surface area contributed by atoms with Gasteiger partial charge in [-0.1, -0.05) is 36.4 Å². The Kier molecular flexibility index (Phi) is 8.39. The largest absolute Gasteiger partial charge is 0.480 e. The summed E-state index contributed by atoms with van der Waals surface area (Å²) < 4.78 is 20.9. The van der Waals surface area contributed by atoms with Gasteiger partial charge in [0.2, 0.25) is 5.91 Å². The van der Waals surface area contributed by atoms with E-state index in [0.717, 1.165) is 11.3 Å². The highest BCUT2D eigenvalue weighted by molar-refractivity contribution is 5.85. The van der Waals surface area contributed by atoms with Crippen molar-refractivity contribution in [2.75, 3.05) is 18.0 Å². The van der Waals surface area contributed by atoms with Crippen molar-refractivity contribution >= 4 is 17.6 Å². The number of imidazole rings is 1. The van der Waals surface area contributed by atoms with Crippen molar-refractivity contribution in [1.82, 2.24) is 14.9 Å². The Morgan fingerprint density at radius 2 is 1.75 bits per heavy atom. The van der Waals surface area contributed by atoms with Gasteiger partial charge in [0.1, 0.15) is 23.4 Å². The Morgan fingerprint density at radius 1 is 1.00 bits per heavy atom. The van der Waals surface area contributed by atoms with Crippen LogP contribution in [0.2, 0.25) is 0 Å². The van der Waals surface area contributed by atoms with Gasteiger partial charge < -0.3 is 24.6 Å². The van der Waals surface area contributed by atoms with Crippen LogP contribution in [0.4, 0.5) is 10.1 Å². The summed E-state index contributed by atoms with van der Waals surface area (Å²) in [5, 5.41) is 12.5. The number of piperidine rings is 1. The predicted octanol–water partition coefficient (Wildman–Crippen LogP) is 4.89. The zero-order valence-electron chi connectivity index (χ0n) is 21.9. The number of nitrogens with zero attached hydrogens (tertiary/aromatic N) is 3. The minimum Gasteiger partial charge on any atom is -0.480 e. The van der Waals surface area contributed by atoms with Crippen LogP contribution in [0.3, 0.4) is 0 Å². The highest BCUT2D eigenvalue weighted by Gasteiger charge is 2.29. The van der Waals surface area contributed by atoms with Crippen molar-refractivity contribution in [3.05, 3.63) is 108 Å². The van der Waals surface area contributed by atoms with Crippen molar-refractivity contribution in [3.63, 3.8) is 0 Å². The molecule has 3 aromatic carbocycles. The average Bonchev–Trinajstić information content (AvgIpc) is 3.41. The molecule has 4 aromatic rings. The summed E-state index contributed by atoms with van der Waals surface area (Å²) in [7, 11) is 0. The first-order valence-corrected chi connectivity index (χ1v) is 13.3. The number of hydrogen-bond donors (Lipinski definition) is 2. The summed E-state index contributed by atoms with van der Waals surface area (Å²) in [5.41, 5.74) is 2.70. The number of ether oxygens (including phenoxy) is 1. The molecule has 0 radical (unpaired) electrons. The lowest BCUT2D eigenvalue weighted by atomic mass is 9.95. The molecular weight excluding hydrogens is 511 g/mol. The number of carbonyl (C=O) groups is 2. The molecule has 206 valence electrons. The van der Waals surface area contributed by atoms with Crippen molar-refractivity contribution in [1.29, 1.82) is 0 Å². The third kappa shape index (κ3) is 7.05. The predicted molar refractivity (Wildman–Crippen MR) is 149 cm³/mol. The fourth-order valence-electron chi connectivity index (χ4n) is 4.87. The van der Waals surface area contributed by atoms with Crippen LogP contribution in [0, 0.1) is 11.7 Å². The Hall–Kier alpha value is -4.66. The highest BCUT2D eigenvalue weighted by Crippen LogP contribution is 2.29. The van der Waals surface area contributed by atoms with Crippen LogP contribution in [0.25, 0.3) is 0 Å². The van der Waals surface area contributed by atoms with Crippen LogP contribution < -0.4 is 15.0 Å². The van der Waals surface area contributed by atoms with Gasteiger partial charge in [-0.05, 0) is 54.8 Å². The normalized spacial score (nSPS) is 14.5. The summed E-state index contributed by atoms with van der Waals surface area (Å²) in [4.78, 5) is 31.5. The van der Waals surface area contributed by atoms with E-state index >= 15 is 0 Å². The maximum atomic E-state index is 13.2. The quantitative estimate of drug-likeness (QED) is 0.296. The molecule has 40 heavy (non-hydrogen) atoms. The molecular formula is C31H31FN4O4. The van der Waals surface area contributed by atoms with Gasteiger partial charge >= 0.3 is 5.97 Å². The summed E-state index contributed by atoms with van der Waals surface area (Å²) >= 11 is 0. The molecule has 0 unspecified atom stereocenters. The van der Waals surface area contributed by atoms with Crippen LogP contribution in [0.15, 0.2) is 91.4 Å². The molecule has 0 saturated carbocycles. The first-order valence-electron chi connectivity index (χ1n) is 13.3. The van der Waals surface area contributed by atoms with Gasteiger partial charge in [-0.25, -0.2) is 14.2 Å². The molecule has 1 aromatic heterocycles. The maximum Gasteiger partial charge on any atom is 0.326 e. The standard InChI is InChI=1S/C31H31FN4O4/c32-24-9-11-27(12-10-24)40-28-8-4-7-26(18-28)36-15-13-23(14-16-36)30(37)34-29(31(38)39)17-25-20-35(21-33-25)19-22-5-2-1-3-6-22/h1-12,18,20-21,23,29H,13-17,19H2,(H,34,37)(H,38,39)/t29-/m0/s1. The number of nitrogens with one attached hydrogen (secondary N) is 1. The second kappa shape index (κ2) is 12.5. The third-order valence-electron chi connectivity index (χ3n) is 7.02. The van der Waals surface area contributed by atoms with Crippen LogP contribution in [0.1, 0.15) is 24.1 Å². The topological polar surface area (TPSA) is 96.7 Å². The Balaban J connectivity index is 1.13. The number of benzene rings is 3. The van der Waals surface area contributed by atoms with Crippen molar-refractivity contribution in [2.24, 2.45) is 5.92 Å². The summed E-state index contributed by atoms with van der Waals surface area (Å²) in [6.07, 6.45) is 4.82. The lowest BCUT2D eigenvalue weighted by Crippen LogP contribution is -2.47. The van der Waals surface area contributed by atoms with Gasteiger partial charge in [0.25, 0.3) is 0 Å². The highest BCUT2D eigenvalue weighted by atomic mass is 19.1. The van der Waals surface area contributed by atoms with E-state index in [2.05, 4.69) is 15.2 Å². The van der Waals surface area contributed by atoms with E-state index in [1.54, 1.807) is 18.5 Å². The van der Waals surface area contributed by atoms with Gasteiger partial charge in [-0.15, -0.1) is 0 Å². The van der Waals surface area contributed by atoms with Crippen LogP contribution in [0.5, 0.6) is 11.5 Å². The van der Waals surface area contributed by atoms with Gasteiger partial charge in [0, 0.05) is 49.9 Å². The number of carboxylic acid groups (broad SMARTS) is 1. The van der Waals surface area contributed by atoms with Crippen LogP contribution >= 0.6 is 0 Å². The molecule has 9 heteroatoms. The van der Waals surface area contributed by atoms with E-state index in [-0.39, 0.29) is 24.1 Å². The summed E-state index contributed by atoms with van der Waals surface area (Å²) in [5.74, 6) is -0.737. The molecule has 0 aliphatic carbocycles. The average molecular weight is 543 g/mol. The van der Waals surface area contributed by atoms with Gasteiger partial charge in [0.15, 0.2) is 0 Å². The number of anilines is 1. The third-order valence-corrected chi connectivity index (χ3v) is 7.02. The first-order chi connectivity index (χ1) is 19.4. The molecule has 1 aliphatic rings. The summed E-state index contributed by atoms with van der Waals surface area (Å²) in [6.45, 7) is 1.94. The fourth-order valence-corrected chi connectivity index (χ4v) is 4.87. The Bertz CT molecular complexity index is 1430. The van der Waals surface area contributed by atoms with E-state index in [1.165, 1.54) is 12.1 Å². The first kappa shape index (κ1) is 26.9. The number of amides is 1. The number of carbonyl (C=O) groups excluding carboxylic acids is 1. The zero-order valence-corrected chi connectivity index (χ0v) is 21.9. The van der Waals surface area contributed by atoms with E-state index in [9.17, 15) is 19.1 Å². The Labute approximate surface area is 232 Å². The Morgan fingerprint density at radius 3 is 2.48 bits per heavy atom. The SMILES string of the molecule is O=C(N[C@@H](Cc1cn(Cc2ccccc2)cn1)C(=O)O)C1CCN(c2cccc(Oc3ccc(F)cc3)c2)CC1. The number of aliphatic carboxylic acids is 1. The molecule has 1 aliphatic heterocycles. The molecule has 1 saturated heterocycles. The molecule has 0 spiro atoms. The lowest BCUT2D eigenvalue weighted by molar-refractivity contribution is -0.142. The second-order valence-electron chi connectivity index (χ2n) is 9.94. The molecule has 8 nitrogen and oxygen atoms in total. The fraction of sp³-hybridized carbons (Fsp3) is 0.258. The van der Waals surface area contributed by atoms with Crippen molar-refractivity contribution in [2.45, 2.75) is 31.8 Å². The van der Waals surface area contributed by atoms with E-state index in [0.29, 0.717) is 49.7 Å². The molecule has 1 amide bonds. The second-order valence-corrected chi connectivity index (χ2v) is 9.94. The van der Waals surface area contributed by atoms with Crippen molar-refractivity contribution in [3.8, 4) is 11.5 Å². The smallest absolute Gasteiger partial charge is 0.326 e. The number of aromatic nitrogens is 2. The van der Waals surface area contributed by atoms with E-state index in [4.69, 9.17) is 4.74 Å². The minimum atomic E-state index is -1.08. The van der Waals surface area contributed by atoms with Crippen molar-refractivity contribution < 1.29 is 23.8 Å². The van der Waals surface area contributed by atoms with Crippen LogP contribution in [-0.4, -0.2) is 45.7 Å². The molecule has 2 N–H and O–H groups in total. The van der Waals surface area contributed by atoms with E-state index < -0.39 is 12.0 Å². The number of halogens is 1. The van der Waals surface area contributed by atoms with Gasteiger partial charge in [0.05, 0.1) is 12.0 Å². The monoisotopic (exact) mass is 542 g/mol. The molecule has 1 atom stereocenters. The molecule has 1 fully saturated rings. The molecule has 0 bridgehead atoms. The van der Waals surface area contributed by atoms with Gasteiger partial charge in [-0.2, -0.15) is 0 Å². The number of carboxylic acids is 1. The summed E-state index contributed by atoms with van der Waals surface area (Å²) in [6, 6.07) is 22.4. The maximum absolute atomic E-state index is 13.2. The molecule has 5 rings (SSSR count). The minimum absolute atomic E-state index is 0.114. The van der Waals surface area contributed by atoms with E-state index in [1.807, 2.05) is 65.4 Å². The van der Waals surface area contributed by atoms with Crippen LogP contribution in [-0.2, 0) is 22.6 Å².